The first-order chi connectivity index (χ1) is 10.2. The van der Waals surface area contributed by atoms with Crippen LogP contribution < -0.4 is 0 Å². The van der Waals surface area contributed by atoms with Gasteiger partial charge in [-0.05, 0) is 26.3 Å². The van der Waals surface area contributed by atoms with Gasteiger partial charge in [-0.2, -0.15) is 0 Å². The summed E-state index contributed by atoms with van der Waals surface area (Å²) in [6.45, 7) is 9.82. The van der Waals surface area contributed by atoms with E-state index in [4.69, 9.17) is 9.47 Å². The number of aliphatic hydroxyl groups excluding tert-OH is 1. The van der Waals surface area contributed by atoms with Crippen molar-refractivity contribution in [3.05, 3.63) is 35.5 Å². The lowest BCUT2D eigenvalue weighted by atomic mass is 9.70. The fourth-order valence-electron chi connectivity index (χ4n) is 3.01. The molecule has 0 aromatic rings. The number of esters is 1. The number of carbonyl (C=O) groups is 1. The van der Waals surface area contributed by atoms with E-state index in [1.807, 2.05) is 52.0 Å². The lowest BCUT2D eigenvalue weighted by molar-refractivity contribution is -0.192. The first-order valence-corrected chi connectivity index (χ1v) is 7.66. The highest BCUT2D eigenvalue weighted by molar-refractivity contribution is 5.74. The van der Waals surface area contributed by atoms with Gasteiger partial charge in [0.15, 0.2) is 0 Å². The van der Waals surface area contributed by atoms with Crippen molar-refractivity contribution in [1.29, 1.82) is 0 Å². The summed E-state index contributed by atoms with van der Waals surface area (Å²) in [6, 6.07) is 0. The van der Waals surface area contributed by atoms with Crippen LogP contribution in [0.1, 0.15) is 41.0 Å². The van der Waals surface area contributed by atoms with Crippen LogP contribution in [0.2, 0.25) is 0 Å². The molecule has 0 radical (unpaired) electrons. The lowest BCUT2D eigenvalue weighted by Crippen LogP contribution is -2.58. The van der Waals surface area contributed by atoms with Gasteiger partial charge >= 0.3 is 5.97 Å². The molecule has 22 heavy (non-hydrogen) atoms. The molecule has 2 rings (SSSR count). The Labute approximate surface area is 132 Å². The number of carbonyl (C=O) groups excluding carboxylic acids is 1. The number of ether oxygens (including phenoxy) is 2. The molecule has 0 aromatic heterocycles. The number of hydrogen-bond donors (Lipinski definition) is 1. The zero-order valence-corrected chi connectivity index (χ0v) is 14.1. The highest BCUT2D eigenvalue weighted by Gasteiger charge is 2.63. The van der Waals surface area contributed by atoms with Crippen LogP contribution in [0.25, 0.3) is 0 Å². The number of allylic oxidation sites excluding steroid dienone is 5. The third-order valence-corrected chi connectivity index (χ3v) is 5.24. The fraction of sp³-hybridized carbons (Fsp3) is 0.611. The second kappa shape index (κ2) is 5.67. The molecule has 2 aliphatic rings. The van der Waals surface area contributed by atoms with Crippen LogP contribution in [-0.4, -0.2) is 35.5 Å². The van der Waals surface area contributed by atoms with Crippen molar-refractivity contribution in [2.75, 3.05) is 13.2 Å². The molecular weight excluding hydrogens is 280 g/mol. The molecule has 122 valence electrons. The number of hydrogen-bond acceptors (Lipinski definition) is 4. The molecular formula is C18H26O4. The van der Waals surface area contributed by atoms with Crippen LogP contribution in [-0.2, 0) is 14.3 Å². The third-order valence-electron chi connectivity index (χ3n) is 5.24. The second-order valence-corrected chi connectivity index (χ2v) is 7.20. The van der Waals surface area contributed by atoms with E-state index >= 15 is 0 Å². The summed E-state index contributed by atoms with van der Waals surface area (Å²) < 4.78 is 11.6. The molecule has 1 unspecified atom stereocenters. The average molecular weight is 306 g/mol. The molecule has 1 fully saturated rings. The monoisotopic (exact) mass is 306 g/mol. The minimum absolute atomic E-state index is 0.189. The van der Waals surface area contributed by atoms with Crippen LogP contribution in [0.4, 0.5) is 0 Å². The predicted octanol–water partition coefficient (Wildman–Crippen LogP) is 2.93. The van der Waals surface area contributed by atoms with E-state index in [0.29, 0.717) is 6.61 Å². The molecule has 2 atom stereocenters. The van der Waals surface area contributed by atoms with Gasteiger partial charge in [-0.25, -0.2) is 0 Å². The van der Waals surface area contributed by atoms with Crippen LogP contribution >= 0.6 is 0 Å². The molecule has 0 spiro atoms. The zero-order valence-electron chi connectivity index (χ0n) is 14.1. The Morgan fingerprint density at radius 1 is 1.27 bits per heavy atom. The van der Waals surface area contributed by atoms with Crippen molar-refractivity contribution < 1.29 is 19.4 Å². The Balaban J connectivity index is 2.17. The minimum atomic E-state index is -0.889. The first kappa shape index (κ1) is 17.0. The molecule has 1 heterocycles. The third kappa shape index (κ3) is 2.66. The van der Waals surface area contributed by atoms with Crippen LogP contribution in [0.5, 0.6) is 0 Å². The summed E-state index contributed by atoms with van der Waals surface area (Å²) >= 11 is 0. The normalized spacial score (nSPS) is 32.5. The topological polar surface area (TPSA) is 55.8 Å². The highest BCUT2D eigenvalue weighted by Crippen LogP contribution is 2.50. The standard InChI is InChI=1S/C18H26O4/c1-13(14-8-6-7-9-14)10-15(20)22-18(5)16(2,3)12-21-17(18,4)11-19/h6-9,19H,10-12H2,1-5H3/t17?,18-/m0/s1. The van der Waals surface area contributed by atoms with Gasteiger partial charge in [-0.1, -0.05) is 43.7 Å². The second-order valence-electron chi connectivity index (χ2n) is 7.20. The van der Waals surface area contributed by atoms with Crippen molar-refractivity contribution >= 4 is 5.97 Å². The number of aliphatic hydroxyl groups is 1. The molecule has 4 nitrogen and oxygen atoms in total. The van der Waals surface area contributed by atoms with Gasteiger partial charge in [0.1, 0.15) is 11.2 Å². The quantitative estimate of drug-likeness (QED) is 0.811. The van der Waals surface area contributed by atoms with Crippen LogP contribution in [0.15, 0.2) is 35.5 Å². The molecule has 0 saturated carbocycles. The predicted molar refractivity (Wildman–Crippen MR) is 85.3 cm³/mol. The van der Waals surface area contributed by atoms with Crippen molar-refractivity contribution in [2.24, 2.45) is 5.41 Å². The van der Waals surface area contributed by atoms with Gasteiger partial charge < -0.3 is 14.6 Å². The summed E-state index contributed by atoms with van der Waals surface area (Å²) in [7, 11) is 0. The highest BCUT2D eigenvalue weighted by atomic mass is 16.6. The van der Waals surface area contributed by atoms with Crippen molar-refractivity contribution in [2.45, 2.75) is 52.2 Å². The Hall–Kier alpha value is -1.39. The maximum atomic E-state index is 12.4. The smallest absolute Gasteiger partial charge is 0.310 e. The molecule has 1 aliphatic carbocycles. The van der Waals surface area contributed by atoms with Gasteiger partial charge in [-0.3, -0.25) is 4.79 Å². The lowest BCUT2D eigenvalue weighted by Gasteiger charge is -2.44. The molecule has 0 amide bonds. The fourth-order valence-corrected chi connectivity index (χ4v) is 3.01. The van der Waals surface area contributed by atoms with Crippen LogP contribution in [0.3, 0.4) is 0 Å². The van der Waals surface area contributed by atoms with E-state index in [2.05, 4.69) is 0 Å². The minimum Gasteiger partial charge on any atom is -0.455 e. The van der Waals surface area contributed by atoms with E-state index in [1.165, 1.54) is 0 Å². The Morgan fingerprint density at radius 3 is 2.41 bits per heavy atom. The van der Waals surface area contributed by atoms with Gasteiger partial charge in [0.2, 0.25) is 0 Å². The van der Waals surface area contributed by atoms with Gasteiger partial charge in [-0.15, -0.1) is 0 Å². The maximum Gasteiger partial charge on any atom is 0.310 e. The Morgan fingerprint density at radius 2 is 1.86 bits per heavy atom. The molecule has 1 aliphatic heterocycles. The van der Waals surface area contributed by atoms with Crippen LogP contribution in [0, 0.1) is 5.41 Å². The molecule has 0 bridgehead atoms. The summed E-state index contributed by atoms with van der Waals surface area (Å²) in [5, 5.41) is 9.72. The van der Waals surface area contributed by atoms with E-state index in [9.17, 15) is 9.90 Å². The van der Waals surface area contributed by atoms with Gasteiger partial charge in [0, 0.05) is 5.41 Å². The SMILES string of the molecule is CC(CC(=O)O[C@@]1(C)C(C)(C)COC1(C)CO)=C1C=CC=C1. The maximum absolute atomic E-state index is 12.4. The van der Waals surface area contributed by atoms with Gasteiger partial charge in [0.25, 0.3) is 0 Å². The van der Waals surface area contributed by atoms with Crippen molar-refractivity contribution in [1.82, 2.24) is 0 Å². The summed E-state index contributed by atoms with van der Waals surface area (Å²) in [5.74, 6) is -0.292. The van der Waals surface area contributed by atoms with Gasteiger partial charge in [0.05, 0.1) is 19.6 Å². The summed E-state index contributed by atoms with van der Waals surface area (Å²) in [5.41, 5.74) is -0.109. The van der Waals surface area contributed by atoms with E-state index in [-0.39, 0.29) is 24.4 Å². The van der Waals surface area contributed by atoms with Crippen molar-refractivity contribution in [3.63, 3.8) is 0 Å². The van der Waals surface area contributed by atoms with Crippen molar-refractivity contribution in [3.8, 4) is 0 Å². The first-order valence-electron chi connectivity index (χ1n) is 7.66. The van der Waals surface area contributed by atoms with E-state index in [0.717, 1.165) is 11.1 Å². The Kier molecular flexibility index (Phi) is 4.37. The average Bonchev–Trinajstić information content (AvgIpc) is 3.02. The summed E-state index contributed by atoms with van der Waals surface area (Å²) in [6.07, 6.45) is 8.08. The molecule has 4 heteroatoms. The Bertz CT molecular complexity index is 541. The number of rotatable bonds is 4. The zero-order chi connectivity index (χ0) is 16.6. The summed E-state index contributed by atoms with van der Waals surface area (Å²) in [4.78, 5) is 12.4. The molecule has 1 saturated heterocycles. The van der Waals surface area contributed by atoms with E-state index < -0.39 is 11.2 Å². The largest absolute Gasteiger partial charge is 0.455 e. The van der Waals surface area contributed by atoms with E-state index in [1.54, 1.807) is 6.92 Å². The molecule has 0 aromatic carbocycles. The molecule has 1 N–H and O–H groups in total.